The minimum absolute atomic E-state index is 0.787. The zero-order valence-electron chi connectivity index (χ0n) is 23.1. The van der Waals surface area contributed by atoms with Crippen molar-refractivity contribution in [3.63, 3.8) is 0 Å². The highest BCUT2D eigenvalue weighted by atomic mass is 32.1. The van der Waals surface area contributed by atoms with Gasteiger partial charge in [0.1, 0.15) is 11.4 Å². The van der Waals surface area contributed by atoms with Gasteiger partial charge in [0.25, 0.3) is 0 Å². The lowest BCUT2D eigenvalue weighted by atomic mass is 10.0. The SMILES string of the molecule is c1ccc(-c2ccc(N(c3ccc4c(c3)sc3ccccc34)c3cc4c(cn3)oc3ccc5ccccc5c34)cc2)cc1. The number of hydrogen-bond acceptors (Lipinski definition) is 4. The van der Waals surface area contributed by atoms with E-state index < -0.39 is 0 Å². The standard InChI is InChI=1S/C39H24N2OS/c1-2-8-25(9-3-1)26-14-17-28(18-15-26)41(29-19-20-32-31-12-6-7-13-36(31)43-37(32)22-29)38-23-33-35(24-40-38)42-34-21-16-27-10-4-5-11-30(27)39(33)34/h1-24H. The van der Waals surface area contributed by atoms with Crippen LogP contribution in [-0.4, -0.2) is 4.98 Å². The first-order valence-electron chi connectivity index (χ1n) is 14.4. The van der Waals surface area contributed by atoms with Crippen LogP contribution in [0, 0.1) is 0 Å². The van der Waals surface area contributed by atoms with Crippen molar-refractivity contribution < 1.29 is 4.42 Å². The average Bonchev–Trinajstić information content (AvgIpc) is 3.63. The lowest BCUT2D eigenvalue weighted by Gasteiger charge is -2.24. The molecule has 0 atom stereocenters. The molecule has 0 spiro atoms. The third-order valence-electron chi connectivity index (χ3n) is 8.32. The van der Waals surface area contributed by atoms with Crippen molar-refractivity contribution >= 4 is 81.4 Å². The number of benzene rings is 6. The second-order valence-electron chi connectivity index (χ2n) is 10.8. The number of nitrogens with zero attached hydrogens (tertiary/aromatic N) is 2. The maximum Gasteiger partial charge on any atom is 0.153 e. The fraction of sp³-hybridized carbons (Fsp3) is 0. The van der Waals surface area contributed by atoms with Gasteiger partial charge in [0.2, 0.25) is 0 Å². The Bertz CT molecular complexity index is 2460. The van der Waals surface area contributed by atoms with Gasteiger partial charge in [0.15, 0.2) is 5.58 Å². The number of anilines is 3. The Morgan fingerprint density at radius 1 is 0.512 bits per heavy atom. The molecule has 0 N–H and O–H groups in total. The third kappa shape index (κ3) is 3.92. The van der Waals surface area contributed by atoms with Gasteiger partial charge < -0.3 is 4.42 Å². The number of fused-ring (bicyclic) bond motifs is 8. The Balaban J connectivity index is 1.26. The van der Waals surface area contributed by atoms with Crippen LogP contribution in [-0.2, 0) is 0 Å². The van der Waals surface area contributed by atoms with E-state index in [-0.39, 0.29) is 0 Å². The van der Waals surface area contributed by atoms with E-state index in [1.807, 2.05) is 23.6 Å². The van der Waals surface area contributed by atoms with Gasteiger partial charge in [0, 0.05) is 42.3 Å². The van der Waals surface area contributed by atoms with Crippen LogP contribution in [0.3, 0.4) is 0 Å². The molecule has 0 unspecified atom stereocenters. The first kappa shape index (κ1) is 24.2. The normalized spacial score (nSPS) is 11.7. The van der Waals surface area contributed by atoms with Crippen molar-refractivity contribution in [1.82, 2.24) is 4.98 Å². The van der Waals surface area contributed by atoms with Crippen molar-refractivity contribution in [2.75, 3.05) is 4.90 Å². The van der Waals surface area contributed by atoms with Gasteiger partial charge in [-0.2, -0.15) is 0 Å². The molecule has 0 saturated heterocycles. The van der Waals surface area contributed by atoms with Crippen molar-refractivity contribution in [2.24, 2.45) is 0 Å². The fourth-order valence-corrected chi connectivity index (χ4v) is 7.40. The van der Waals surface area contributed by atoms with Crippen LogP contribution in [0.1, 0.15) is 0 Å². The minimum Gasteiger partial charge on any atom is -0.454 e. The van der Waals surface area contributed by atoms with Crippen LogP contribution in [0.25, 0.3) is 64.0 Å². The molecule has 0 radical (unpaired) electrons. The summed E-state index contributed by atoms with van der Waals surface area (Å²) in [6, 6.07) is 49.5. The molecule has 3 nitrogen and oxygen atoms in total. The van der Waals surface area contributed by atoms with Crippen LogP contribution in [0.5, 0.6) is 0 Å². The Kier molecular flexibility index (Phi) is 5.37. The number of furan rings is 1. The highest BCUT2D eigenvalue weighted by Crippen LogP contribution is 2.42. The molecule has 43 heavy (non-hydrogen) atoms. The van der Waals surface area contributed by atoms with Crippen LogP contribution < -0.4 is 4.90 Å². The van der Waals surface area contributed by atoms with E-state index in [1.165, 1.54) is 42.1 Å². The van der Waals surface area contributed by atoms with E-state index in [9.17, 15) is 0 Å². The Morgan fingerprint density at radius 2 is 1.23 bits per heavy atom. The summed E-state index contributed by atoms with van der Waals surface area (Å²) in [5.41, 5.74) is 6.15. The van der Waals surface area contributed by atoms with E-state index in [4.69, 9.17) is 9.40 Å². The summed E-state index contributed by atoms with van der Waals surface area (Å²) < 4.78 is 8.83. The third-order valence-corrected chi connectivity index (χ3v) is 9.45. The molecule has 9 aromatic rings. The van der Waals surface area contributed by atoms with Crippen LogP contribution >= 0.6 is 11.3 Å². The minimum atomic E-state index is 0.787. The Labute approximate surface area is 251 Å². The first-order chi connectivity index (χ1) is 21.3. The molecule has 0 aliphatic heterocycles. The predicted molar refractivity (Wildman–Crippen MR) is 182 cm³/mol. The molecule has 0 aliphatic rings. The average molecular weight is 569 g/mol. The van der Waals surface area contributed by atoms with Gasteiger partial charge >= 0.3 is 0 Å². The Morgan fingerprint density at radius 3 is 2.12 bits per heavy atom. The zero-order valence-corrected chi connectivity index (χ0v) is 23.9. The van der Waals surface area contributed by atoms with Gasteiger partial charge in [-0.3, -0.25) is 4.90 Å². The molecule has 3 heterocycles. The topological polar surface area (TPSA) is 29.3 Å². The predicted octanol–water partition coefficient (Wildman–Crippen LogP) is 11.6. The summed E-state index contributed by atoms with van der Waals surface area (Å²) in [5.74, 6) is 0.844. The van der Waals surface area contributed by atoms with E-state index in [0.29, 0.717) is 0 Å². The number of pyridine rings is 1. The van der Waals surface area contributed by atoms with Gasteiger partial charge in [-0.1, -0.05) is 97.1 Å². The van der Waals surface area contributed by atoms with Gasteiger partial charge in [0.05, 0.1) is 6.20 Å². The summed E-state index contributed by atoms with van der Waals surface area (Å²) in [4.78, 5) is 7.23. The molecule has 0 amide bonds. The van der Waals surface area contributed by atoms with Crippen molar-refractivity contribution in [2.45, 2.75) is 0 Å². The van der Waals surface area contributed by atoms with Crippen molar-refractivity contribution in [1.29, 1.82) is 0 Å². The maximum absolute atomic E-state index is 6.28. The monoisotopic (exact) mass is 568 g/mol. The number of thiophene rings is 1. The first-order valence-corrected chi connectivity index (χ1v) is 15.2. The lowest BCUT2D eigenvalue weighted by molar-refractivity contribution is 0.667. The van der Waals surface area contributed by atoms with E-state index >= 15 is 0 Å². The number of rotatable bonds is 4. The van der Waals surface area contributed by atoms with E-state index in [1.54, 1.807) is 0 Å². The summed E-state index contributed by atoms with van der Waals surface area (Å²) in [6.07, 6.45) is 1.86. The quantitative estimate of drug-likeness (QED) is 0.211. The molecule has 9 rings (SSSR count). The molecule has 4 heteroatoms. The smallest absolute Gasteiger partial charge is 0.153 e. The van der Waals surface area contributed by atoms with Gasteiger partial charge in [-0.05, 0) is 64.4 Å². The summed E-state index contributed by atoms with van der Waals surface area (Å²) in [7, 11) is 0. The second kappa shape index (κ2) is 9.55. The molecular weight excluding hydrogens is 545 g/mol. The highest BCUT2D eigenvalue weighted by Gasteiger charge is 2.19. The van der Waals surface area contributed by atoms with Crippen LogP contribution in [0.2, 0.25) is 0 Å². The second-order valence-corrected chi connectivity index (χ2v) is 11.9. The van der Waals surface area contributed by atoms with Gasteiger partial charge in [-0.25, -0.2) is 4.98 Å². The lowest BCUT2D eigenvalue weighted by Crippen LogP contribution is -2.11. The summed E-state index contributed by atoms with van der Waals surface area (Å²) in [6.45, 7) is 0. The molecule has 6 aromatic carbocycles. The maximum atomic E-state index is 6.28. The molecule has 3 aromatic heterocycles. The summed E-state index contributed by atoms with van der Waals surface area (Å²) in [5, 5.41) is 7.13. The molecule has 0 aliphatic carbocycles. The Hall–Kier alpha value is -5.45. The van der Waals surface area contributed by atoms with Crippen LogP contribution in [0.4, 0.5) is 17.2 Å². The highest BCUT2D eigenvalue weighted by molar-refractivity contribution is 7.25. The van der Waals surface area contributed by atoms with Crippen molar-refractivity contribution in [3.8, 4) is 11.1 Å². The summed E-state index contributed by atoms with van der Waals surface area (Å²) >= 11 is 1.83. The molecule has 0 fully saturated rings. The van der Waals surface area contributed by atoms with E-state index in [0.717, 1.165) is 39.1 Å². The van der Waals surface area contributed by atoms with Gasteiger partial charge in [-0.15, -0.1) is 11.3 Å². The molecular formula is C39H24N2OS. The fourth-order valence-electron chi connectivity index (χ4n) is 6.26. The zero-order chi connectivity index (χ0) is 28.3. The van der Waals surface area contributed by atoms with Crippen molar-refractivity contribution in [3.05, 3.63) is 146 Å². The molecule has 0 saturated carbocycles. The number of aromatic nitrogens is 1. The number of hydrogen-bond donors (Lipinski definition) is 0. The molecule has 0 bridgehead atoms. The van der Waals surface area contributed by atoms with E-state index in [2.05, 4.69) is 138 Å². The molecule has 202 valence electrons. The van der Waals surface area contributed by atoms with Crippen LogP contribution in [0.15, 0.2) is 150 Å². The largest absolute Gasteiger partial charge is 0.454 e.